The smallest absolute Gasteiger partial charge is 0.338 e. The molecule has 1 N–H and O–H groups in total. The van der Waals surface area contributed by atoms with Crippen molar-refractivity contribution in [2.75, 3.05) is 14.2 Å². The van der Waals surface area contributed by atoms with Gasteiger partial charge in [0.15, 0.2) is 0 Å². The van der Waals surface area contributed by atoms with E-state index >= 15 is 0 Å². The summed E-state index contributed by atoms with van der Waals surface area (Å²) in [6.07, 6.45) is 5.29. The number of phenols is 1. The average molecular weight is 473 g/mol. The van der Waals surface area contributed by atoms with E-state index in [1.165, 1.54) is 7.11 Å². The van der Waals surface area contributed by atoms with Gasteiger partial charge in [-0.2, -0.15) is 0 Å². The van der Waals surface area contributed by atoms with Crippen molar-refractivity contribution in [3.05, 3.63) is 89.0 Å². The first kappa shape index (κ1) is 24.0. The van der Waals surface area contributed by atoms with E-state index in [-0.39, 0.29) is 11.3 Å². The summed E-state index contributed by atoms with van der Waals surface area (Å²) in [6, 6.07) is 18.4. The number of aromatic hydroxyl groups is 1. The van der Waals surface area contributed by atoms with Crippen molar-refractivity contribution in [3.63, 3.8) is 0 Å². The van der Waals surface area contributed by atoms with E-state index in [2.05, 4.69) is 0 Å². The Balaban J connectivity index is 1.77. The molecule has 0 aliphatic carbocycles. The van der Waals surface area contributed by atoms with Gasteiger partial charge in [-0.15, -0.1) is 0 Å². The molecule has 0 amide bonds. The second-order valence-electron chi connectivity index (χ2n) is 8.64. The Kier molecular flexibility index (Phi) is 6.82. The fraction of sp³-hybridized carbons (Fsp3) is 0.207. The Morgan fingerprint density at radius 3 is 2.54 bits per heavy atom. The Bertz CT molecular complexity index is 1290. The Morgan fingerprint density at radius 1 is 1.06 bits per heavy atom. The maximum atomic E-state index is 12.9. The van der Waals surface area contributed by atoms with Gasteiger partial charge in [0.1, 0.15) is 35.2 Å². The lowest BCUT2D eigenvalue weighted by atomic mass is 9.97. The molecule has 4 rings (SSSR count). The van der Waals surface area contributed by atoms with E-state index in [4.69, 9.17) is 18.9 Å². The van der Waals surface area contributed by atoms with Crippen LogP contribution < -0.4 is 14.2 Å². The minimum atomic E-state index is -0.565. The molecule has 3 aromatic rings. The second kappa shape index (κ2) is 9.97. The van der Waals surface area contributed by atoms with Gasteiger partial charge in [-0.3, -0.25) is 0 Å². The van der Waals surface area contributed by atoms with Gasteiger partial charge < -0.3 is 24.1 Å². The van der Waals surface area contributed by atoms with E-state index in [0.717, 1.165) is 5.56 Å². The SMILES string of the molecule is COC(=O)C(=Cc1ccc2c(c1O)C=CC(C)(C)O2)c1ccc(OC)cc1OCc1ccccc1. The lowest BCUT2D eigenvalue weighted by Gasteiger charge is -2.28. The first-order valence-corrected chi connectivity index (χ1v) is 11.2. The molecule has 0 saturated carbocycles. The number of carbonyl (C=O) groups is 1. The number of phenolic OH excluding ortho intramolecular Hbond substituents is 1. The molecule has 0 spiro atoms. The number of hydrogen-bond donors (Lipinski definition) is 1. The summed E-state index contributed by atoms with van der Waals surface area (Å²) in [5.41, 5.74) is 2.25. The zero-order valence-corrected chi connectivity index (χ0v) is 20.2. The fourth-order valence-corrected chi connectivity index (χ4v) is 3.79. The van der Waals surface area contributed by atoms with Crippen LogP contribution in [-0.2, 0) is 16.1 Å². The first-order valence-electron chi connectivity index (χ1n) is 11.2. The monoisotopic (exact) mass is 472 g/mol. The summed E-state index contributed by atoms with van der Waals surface area (Å²) >= 11 is 0. The number of hydrogen-bond acceptors (Lipinski definition) is 6. The molecule has 1 heterocycles. The molecule has 1 aliphatic heterocycles. The highest BCUT2D eigenvalue weighted by Crippen LogP contribution is 2.40. The van der Waals surface area contributed by atoms with Crippen LogP contribution >= 0.6 is 0 Å². The van der Waals surface area contributed by atoms with Crippen molar-refractivity contribution in [3.8, 4) is 23.0 Å². The topological polar surface area (TPSA) is 74.2 Å². The lowest BCUT2D eigenvalue weighted by Crippen LogP contribution is -2.27. The normalized spacial score (nSPS) is 14.0. The molecule has 6 nitrogen and oxygen atoms in total. The third kappa shape index (κ3) is 5.32. The minimum Gasteiger partial charge on any atom is -0.507 e. The van der Waals surface area contributed by atoms with Crippen molar-refractivity contribution in [1.82, 2.24) is 0 Å². The van der Waals surface area contributed by atoms with Gasteiger partial charge in [-0.05, 0) is 61.9 Å². The zero-order chi connectivity index (χ0) is 25.0. The fourth-order valence-electron chi connectivity index (χ4n) is 3.79. The van der Waals surface area contributed by atoms with Crippen LogP contribution in [0.1, 0.15) is 36.1 Å². The maximum Gasteiger partial charge on any atom is 0.338 e. The Labute approximate surface area is 205 Å². The number of fused-ring (bicyclic) bond motifs is 1. The third-order valence-corrected chi connectivity index (χ3v) is 5.65. The van der Waals surface area contributed by atoms with Crippen LogP contribution in [0.2, 0.25) is 0 Å². The highest BCUT2D eigenvalue weighted by Gasteiger charge is 2.25. The van der Waals surface area contributed by atoms with Crippen LogP contribution in [0.15, 0.2) is 66.7 Å². The average Bonchev–Trinajstić information content (AvgIpc) is 2.86. The highest BCUT2D eigenvalue weighted by atomic mass is 16.5. The zero-order valence-electron chi connectivity index (χ0n) is 20.2. The summed E-state index contributed by atoms with van der Waals surface area (Å²) < 4.78 is 22.5. The molecule has 0 saturated heterocycles. The molecule has 180 valence electrons. The number of benzene rings is 3. The Hall–Kier alpha value is -4.19. The van der Waals surface area contributed by atoms with Gasteiger partial charge in [-0.1, -0.05) is 30.3 Å². The van der Waals surface area contributed by atoms with Crippen molar-refractivity contribution in [2.24, 2.45) is 0 Å². The molecular formula is C29H28O6. The summed E-state index contributed by atoms with van der Waals surface area (Å²) in [6.45, 7) is 4.18. The predicted molar refractivity (Wildman–Crippen MR) is 136 cm³/mol. The van der Waals surface area contributed by atoms with Crippen LogP contribution in [0, 0.1) is 0 Å². The number of rotatable bonds is 7. The van der Waals surface area contributed by atoms with Crippen molar-refractivity contribution >= 4 is 23.7 Å². The predicted octanol–water partition coefficient (Wildman–Crippen LogP) is 5.88. The number of carbonyl (C=O) groups excluding carboxylic acids is 1. The quantitative estimate of drug-likeness (QED) is 0.263. The van der Waals surface area contributed by atoms with Crippen LogP contribution in [0.25, 0.3) is 17.7 Å². The van der Waals surface area contributed by atoms with Gasteiger partial charge in [0, 0.05) is 17.2 Å². The number of esters is 1. The Morgan fingerprint density at radius 2 is 1.83 bits per heavy atom. The molecule has 0 bridgehead atoms. The van der Waals surface area contributed by atoms with Crippen molar-refractivity contribution in [2.45, 2.75) is 26.1 Å². The molecule has 35 heavy (non-hydrogen) atoms. The van der Waals surface area contributed by atoms with E-state index in [1.54, 1.807) is 43.5 Å². The molecule has 0 aromatic heterocycles. The standard InChI is InChI=1S/C29H28O6/c1-29(2)15-14-23-25(35-29)13-10-20(27(23)30)16-24(28(31)33-4)22-12-11-21(32-3)17-26(22)34-18-19-8-6-5-7-9-19/h5-17,30H,18H2,1-4H3. The van der Waals surface area contributed by atoms with Gasteiger partial charge >= 0.3 is 5.97 Å². The maximum absolute atomic E-state index is 12.9. The summed E-state index contributed by atoms with van der Waals surface area (Å²) in [5, 5.41) is 11.0. The lowest BCUT2D eigenvalue weighted by molar-refractivity contribution is -0.133. The highest BCUT2D eigenvalue weighted by molar-refractivity contribution is 6.22. The van der Waals surface area contributed by atoms with Gasteiger partial charge in [0.25, 0.3) is 0 Å². The molecule has 1 aliphatic rings. The molecule has 0 atom stereocenters. The van der Waals surface area contributed by atoms with E-state index in [1.807, 2.05) is 56.3 Å². The van der Waals surface area contributed by atoms with Gasteiger partial charge in [0.2, 0.25) is 0 Å². The van der Waals surface area contributed by atoms with E-state index < -0.39 is 11.6 Å². The molecule has 0 unspecified atom stereocenters. The molecular weight excluding hydrogens is 444 g/mol. The van der Waals surface area contributed by atoms with Crippen LogP contribution in [0.5, 0.6) is 23.0 Å². The number of ether oxygens (including phenoxy) is 4. The first-order chi connectivity index (χ1) is 16.8. The molecule has 3 aromatic carbocycles. The molecule has 0 fully saturated rings. The van der Waals surface area contributed by atoms with Crippen LogP contribution in [-0.4, -0.2) is 30.9 Å². The summed E-state index contributed by atoms with van der Waals surface area (Å²) in [7, 11) is 2.88. The summed E-state index contributed by atoms with van der Waals surface area (Å²) in [4.78, 5) is 12.9. The summed E-state index contributed by atoms with van der Waals surface area (Å²) in [5.74, 6) is 1.05. The van der Waals surface area contributed by atoms with Crippen LogP contribution in [0.3, 0.4) is 0 Å². The van der Waals surface area contributed by atoms with Gasteiger partial charge in [0.05, 0.1) is 25.4 Å². The van der Waals surface area contributed by atoms with Crippen LogP contribution in [0.4, 0.5) is 0 Å². The largest absolute Gasteiger partial charge is 0.507 e. The van der Waals surface area contributed by atoms with E-state index in [9.17, 15) is 9.90 Å². The molecule has 0 radical (unpaired) electrons. The van der Waals surface area contributed by atoms with Crippen molar-refractivity contribution < 1.29 is 28.8 Å². The van der Waals surface area contributed by atoms with Crippen molar-refractivity contribution in [1.29, 1.82) is 0 Å². The second-order valence-corrected chi connectivity index (χ2v) is 8.64. The third-order valence-electron chi connectivity index (χ3n) is 5.65. The minimum absolute atomic E-state index is 0.0101. The van der Waals surface area contributed by atoms with Gasteiger partial charge in [-0.25, -0.2) is 4.79 Å². The van der Waals surface area contributed by atoms with E-state index in [0.29, 0.717) is 40.5 Å². The molecule has 6 heteroatoms. The number of methoxy groups -OCH3 is 2.